The summed E-state index contributed by atoms with van der Waals surface area (Å²) in [6.07, 6.45) is 4.80. The fourth-order valence-corrected chi connectivity index (χ4v) is 2.74. The summed E-state index contributed by atoms with van der Waals surface area (Å²) in [6.45, 7) is 9.98. The zero-order chi connectivity index (χ0) is 15.7. The number of benzene rings is 1. The van der Waals surface area contributed by atoms with Crippen LogP contribution in [0.1, 0.15) is 25.8 Å². The van der Waals surface area contributed by atoms with E-state index in [1.807, 2.05) is 22.7 Å². The van der Waals surface area contributed by atoms with Crippen molar-refractivity contribution in [1.29, 1.82) is 0 Å². The molecular formula is C17H18BN4Na. The Kier molecular flexibility index (Phi) is 5.90. The minimum atomic E-state index is 0. The molecule has 0 amide bonds. The summed E-state index contributed by atoms with van der Waals surface area (Å²) in [5, 5.41) is 0.936. The van der Waals surface area contributed by atoms with Crippen molar-refractivity contribution in [3.8, 4) is 0 Å². The average molecular weight is 312 g/mol. The molecule has 0 N–H and O–H groups in total. The predicted octanol–water partition coefficient (Wildman–Crippen LogP) is 0.0622. The van der Waals surface area contributed by atoms with E-state index in [1.165, 1.54) is 0 Å². The second kappa shape index (κ2) is 7.52. The Morgan fingerprint density at radius 3 is 2.83 bits per heavy atom. The number of aromatic nitrogens is 3. The maximum absolute atomic E-state index is 5.92. The van der Waals surface area contributed by atoms with Gasteiger partial charge in [-0.25, -0.2) is 9.97 Å². The summed E-state index contributed by atoms with van der Waals surface area (Å²) in [5.74, 6) is 0.887. The molecule has 0 aliphatic rings. The Morgan fingerprint density at radius 2 is 2.17 bits per heavy atom. The third kappa shape index (κ3) is 3.18. The van der Waals surface area contributed by atoms with Gasteiger partial charge in [0.25, 0.3) is 0 Å². The van der Waals surface area contributed by atoms with E-state index in [1.54, 1.807) is 6.20 Å². The van der Waals surface area contributed by atoms with Gasteiger partial charge in [0.2, 0.25) is 5.95 Å². The van der Waals surface area contributed by atoms with Crippen LogP contribution >= 0.6 is 0 Å². The summed E-state index contributed by atoms with van der Waals surface area (Å²) >= 11 is 0. The molecule has 110 valence electrons. The van der Waals surface area contributed by atoms with Crippen LogP contribution in [0.2, 0.25) is 0 Å². The van der Waals surface area contributed by atoms with Crippen molar-refractivity contribution in [1.82, 2.24) is 14.4 Å². The van der Waals surface area contributed by atoms with Crippen LogP contribution in [-0.4, -0.2) is 35.3 Å². The summed E-state index contributed by atoms with van der Waals surface area (Å²) < 4.78 is 2.03. The van der Waals surface area contributed by atoms with Crippen LogP contribution in [0.4, 0.5) is 5.95 Å². The van der Waals surface area contributed by atoms with E-state index in [0.717, 1.165) is 47.6 Å². The first-order valence-electron chi connectivity index (χ1n) is 7.53. The molecule has 3 rings (SSSR count). The molecule has 0 aliphatic heterocycles. The number of anilines is 1. The van der Waals surface area contributed by atoms with Crippen LogP contribution in [-0.2, 0) is 0 Å². The molecule has 6 heteroatoms. The van der Waals surface area contributed by atoms with E-state index < -0.39 is 0 Å². The molecule has 3 aromatic rings. The zero-order valence-corrected chi connectivity index (χ0v) is 16.0. The van der Waals surface area contributed by atoms with Crippen molar-refractivity contribution >= 4 is 35.8 Å². The maximum atomic E-state index is 5.92. The summed E-state index contributed by atoms with van der Waals surface area (Å²) in [4.78, 5) is 11.6. The molecule has 4 nitrogen and oxygen atoms in total. The topological polar surface area (TPSA) is 33.4 Å². The first kappa shape index (κ1) is 18.0. The van der Waals surface area contributed by atoms with E-state index in [9.17, 15) is 0 Å². The van der Waals surface area contributed by atoms with Gasteiger partial charge >= 0.3 is 29.6 Å². The van der Waals surface area contributed by atoms with Crippen molar-refractivity contribution < 1.29 is 29.6 Å². The van der Waals surface area contributed by atoms with Crippen molar-refractivity contribution in [3.63, 3.8) is 0 Å². The van der Waals surface area contributed by atoms with Gasteiger partial charge in [-0.3, -0.25) is 4.40 Å². The van der Waals surface area contributed by atoms with Crippen molar-refractivity contribution in [3.05, 3.63) is 42.7 Å². The second-order valence-electron chi connectivity index (χ2n) is 5.27. The van der Waals surface area contributed by atoms with Gasteiger partial charge in [0, 0.05) is 25.5 Å². The summed E-state index contributed by atoms with van der Waals surface area (Å²) in [6, 6.07) is 6.84. The van der Waals surface area contributed by atoms with Crippen molar-refractivity contribution in [2.75, 3.05) is 18.0 Å². The fraction of sp³-hybridized carbons (Fsp3) is 0.294. The fourth-order valence-electron chi connectivity index (χ4n) is 2.74. The molecule has 2 aromatic heterocycles. The van der Waals surface area contributed by atoms with Crippen molar-refractivity contribution in [2.24, 2.45) is 0 Å². The molecule has 0 atom stereocenters. The monoisotopic (exact) mass is 312 g/mol. The number of hydrogen-bond acceptors (Lipinski definition) is 3. The smallest absolute Gasteiger partial charge is 0.342 e. The molecule has 0 fully saturated rings. The van der Waals surface area contributed by atoms with Gasteiger partial charge in [-0.1, -0.05) is 12.3 Å². The minimum Gasteiger partial charge on any atom is -0.342 e. The zero-order valence-electron chi connectivity index (χ0n) is 14.0. The molecule has 1 aromatic carbocycles. The Morgan fingerprint density at radius 1 is 1.39 bits per heavy atom. The van der Waals surface area contributed by atoms with Crippen LogP contribution in [0.15, 0.2) is 31.1 Å². The number of hydrogen-bond donors (Lipinski definition) is 0. The minimum absolute atomic E-state index is 0. The van der Waals surface area contributed by atoms with Gasteiger partial charge in [-0.05, 0) is 18.9 Å². The molecular weight excluding hydrogens is 294 g/mol. The van der Waals surface area contributed by atoms with E-state index in [-0.39, 0.29) is 29.6 Å². The Labute approximate surface area is 160 Å². The average Bonchev–Trinajstić information content (AvgIpc) is 3.01. The molecule has 0 spiro atoms. The molecule has 0 unspecified atom stereocenters. The predicted molar refractivity (Wildman–Crippen MR) is 92.3 cm³/mol. The number of nitrogens with zero attached hydrogens (tertiary/aromatic N) is 4. The molecule has 23 heavy (non-hydrogen) atoms. The van der Waals surface area contributed by atoms with Gasteiger partial charge in [0.1, 0.15) is 0 Å². The Balaban J connectivity index is 0.00000192. The van der Waals surface area contributed by atoms with Crippen LogP contribution in [0.5, 0.6) is 0 Å². The largest absolute Gasteiger partial charge is 1.00 e. The maximum Gasteiger partial charge on any atom is 1.00 e. The van der Waals surface area contributed by atoms with Gasteiger partial charge in [0.15, 0.2) is 0 Å². The quantitative estimate of drug-likeness (QED) is 0.494. The first-order chi connectivity index (χ1) is 10.7. The van der Waals surface area contributed by atoms with Crippen LogP contribution < -0.4 is 34.5 Å². The molecule has 0 aliphatic carbocycles. The molecule has 0 saturated heterocycles. The number of fused-ring (bicyclic) bond motifs is 3. The molecule has 2 heterocycles. The second-order valence-corrected chi connectivity index (χ2v) is 5.27. The third-order valence-electron chi connectivity index (χ3n) is 3.78. The van der Waals surface area contributed by atoms with E-state index in [0.29, 0.717) is 5.47 Å². The third-order valence-corrected chi connectivity index (χ3v) is 3.78. The summed E-state index contributed by atoms with van der Waals surface area (Å²) in [5.41, 5.74) is 3.01. The molecule has 2 radical (unpaired) electrons. The SMILES string of the molecule is [B]C(=C)c1c[c-]cc2c1nc(N(CC)CCC)n1ccnc21.[Na+]. The Bertz CT molecular complexity index is 843. The van der Waals surface area contributed by atoms with E-state index in [4.69, 9.17) is 12.8 Å². The van der Waals surface area contributed by atoms with Gasteiger partial charge in [-0.15, -0.1) is 17.6 Å². The van der Waals surface area contributed by atoms with Gasteiger partial charge in [0.05, 0.1) is 13.5 Å². The Hall–Kier alpha value is -1.30. The summed E-state index contributed by atoms with van der Waals surface area (Å²) in [7, 11) is 5.92. The van der Waals surface area contributed by atoms with Crippen LogP contribution in [0, 0.1) is 6.07 Å². The van der Waals surface area contributed by atoms with Crippen LogP contribution in [0.3, 0.4) is 0 Å². The first-order valence-corrected chi connectivity index (χ1v) is 7.53. The number of imidazole rings is 1. The standard InChI is InChI=1S/C17H18BN4.Na/c1-4-10-21(5-2)17-20-15-13(12(3)18)7-6-8-14(15)16-19-9-11-22(16)17;/h7-9,11H,3-5,10H2,1-2H3;/q-1;+1. The normalized spacial score (nSPS) is 10.7. The van der Waals surface area contributed by atoms with Crippen molar-refractivity contribution in [2.45, 2.75) is 20.3 Å². The molecule has 0 bridgehead atoms. The van der Waals surface area contributed by atoms with Crippen LogP contribution in [0.25, 0.3) is 22.0 Å². The molecule has 0 saturated carbocycles. The van der Waals surface area contributed by atoms with E-state index in [2.05, 4.69) is 36.4 Å². The van der Waals surface area contributed by atoms with Gasteiger partial charge in [-0.2, -0.15) is 18.2 Å². The number of rotatable bonds is 5. The van der Waals surface area contributed by atoms with E-state index >= 15 is 0 Å². The van der Waals surface area contributed by atoms with Gasteiger partial charge < -0.3 is 4.90 Å².